The maximum atomic E-state index is 13.8. The van der Waals surface area contributed by atoms with E-state index in [-0.39, 0.29) is 11.3 Å². The molecule has 8 heteroatoms. The Morgan fingerprint density at radius 1 is 1.00 bits per heavy atom. The fourth-order valence-corrected chi connectivity index (χ4v) is 3.92. The SMILES string of the molecule is O=C(C1=C(O)C(=O)N(c2ccc(F)c(F)c2)C1c1ccc(F)cc1)c1cccs1. The van der Waals surface area contributed by atoms with Crippen molar-refractivity contribution in [2.45, 2.75) is 6.04 Å². The number of carbonyl (C=O) groups excluding carboxylic acids is 2. The van der Waals surface area contributed by atoms with Gasteiger partial charge in [-0.25, -0.2) is 13.2 Å². The van der Waals surface area contributed by atoms with Crippen LogP contribution in [-0.2, 0) is 4.79 Å². The number of hydrogen-bond donors (Lipinski definition) is 1. The van der Waals surface area contributed by atoms with Crippen LogP contribution in [0.2, 0.25) is 0 Å². The van der Waals surface area contributed by atoms with Gasteiger partial charge in [0.1, 0.15) is 5.82 Å². The molecule has 1 atom stereocenters. The lowest BCUT2D eigenvalue weighted by Gasteiger charge is -2.27. The van der Waals surface area contributed by atoms with Crippen LogP contribution in [0.25, 0.3) is 0 Å². The number of nitrogens with zero attached hydrogens (tertiary/aromatic N) is 1. The predicted molar refractivity (Wildman–Crippen MR) is 101 cm³/mol. The molecular formula is C21H12F3NO3S. The Kier molecular flexibility index (Phi) is 4.71. The van der Waals surface area contributed by atoms with E-state index in [1.165, 1.54) is 18.2 Å². The number of aliphatic hydroxyl groups is 1. The highest BCUT2D eigenvalue weighted by atomic mass is 32.1. The van der Waals surface area contributed by atoms with Gasteiger partial charge in [-0.05, 0) is 41.3 Å². The maximum Gasteiger partial charge on any atom is 0.294 e. The molecule has 1 aromatic heterocycles. The average molecular weight is 415 g/mol. The van der Waals surface area contributed by atoms with Crippen LogP contribution in [0, 0.1) is 17.5 Å². The van der Waals surface area contributed by atoms with E-state index < -0.39 is 40.9 Å². The van der Waals surface area contributed by atoms with E-state index in [1.807, 2.05) is 0 Å². The van der Waals surface area contributed by atoms with E-state index in [9.17, 15) is 27.9 Å². The zero-order valence-corrected chi connectivity index (χ0v) is 15.4. The predicted octanol–water partition coefficient (Wildman–Crippen LogP) is 4.95. The van der Waals surface area contributed by atoms with E-state index in [2.05, 4.69) is 0 Å². The Labute approximate surface area is 167 Å². The quantitative estimate of drug-likeness (QED) is 0.614. The average Bonchev–Trinajstić information content (AvgIpc) is 3.32. The molecule has 0 spiro atoms. The van der Waals surface area contributed by atoms with Gasteiger partial charge in [0.2, 0.25) is 5.78 Å². The Morgan fingerprint density at radius 2 is 1.72 bits per heavy atom. The largest absolute Gasteiger partial charge is 0.503 e. The van der Waals surface area contributed by atoms with Gasteiger partial charge in [-0.2, -0.15) is 0 Å². The highest BCUT2D eigenvalue weighted by molar-refractivity contribution is 7.12. The number of anilines is 1. The smallest absolute Gasteiger partial charge is 0.294 e. The molecule has 146 valence electrons. The minimum absolute atomic E-state index is 0.0521. The molecular weight excluding hydrogens is 403 g/mol. The fraction of sp³-hybridized carbons (Fsp3) is 0.0476. The molecule has 0 fully saturated rings. The summed E-state index contributed by atoms with van der Waals surface area (Å²) in [6.45, 7) is 0. The van der Waals surface area contributed by atoms with Crippen LogP contribution in [0.5, 0.6) is 0 Å². The molecule has 1 amide bonds. The summed E-state index contributed by atoms with van der Waals surface area (Å²) in [6, 6.07) is 9.87. The third-order valence-corrected chi connectivity index (χ3v) is 5.43. The highest BCUT2D eigenvalue weighted by Gasteiger charge is 2.45. The summed E-state index contributed by atoms with van der Waals surface area (Å²) < 4.78 is 40.6. The molecule has 0 radical (unpaired) electrons. The molecule has 0 bridgehead atoms. The summed E-state index contributed by atoms with van der Waals surface area (Å²) in [6.07, 6.45) is 0. The van der Waals surface area contributed by atoms with Crippen LogP contribution in [0.1, 0.15) is 21.3 Å². The van der Waals surface area contributed by atoms with Crippen LogP contribution in [0.4, 0.5) is 18.9 Å². The van der Waals surface area contributed by atoms with Crippen molar-refractivity contribution in [1.29, 1.82) is 0 Å². The van der Waals surface area contributed by atoms with Gasteiger partial charge in [-0.1, -0.05) is 18.2 Å². The molecule has 2 heterocycles. The fourth-order valence-electron chi connectivity index (χ4n) is 3.24. The molecule has 0 saturated heterocycles. The Bertz CT molecular complexity index is 1140. The van der Waals surface area contributed by atoms with Crippen molar-refractivity contribution in [3.8, 4) is 0 Å². The molecule has 29 heavy (non-hydrogen) atoms. The molecule has 1 N–H and O–H groups in total. The number of thiophene rings is 1. The molecule has 1 aliphatic rings. The number of benzene rings is 2. The Balaban J connectivity index is 1.89. The zero-order chi connectivity index (χ0) is 20.7. The van der Waals surface area contributed by atoms with Gasteiger partial charge in [0, 0.05) is 11.8 Å². The summed E-state index contributed by atoms with van der Waals surface area (Å²) in [5, 5.41) is 12.2. The monoisotopic (exact) mass is 415 g/mol. The molecule has 0 saturated carbocycles. The number of halogens is 3. The first-order valence-electron chi connectivity index (χ1n) is 8.44. The topological polar surface area (TPSA) is 57.6 Å². The number of aliphatic hydroxyl groups excluding tert-OH is 1. The van der Waals surface area contributed by atoms with E-state index in [0.29, 0.717) is 10.4 Å². The molecule has 4 nitrogen and oxygen atoms in total. The highest BCUT2D eigenvalue weighted by Crippen LogP contribution is 2.42. The van der Waals surface area contributed by atoms with Crippen LogP contribution in [0.15, 0.2) is 71.3 Å². The van der Waals surface area contributed by atoms with Gasteiger partial charge >= 0.3 is 0 Å². The minimum Gasteiger partial charge on any atom is -0.503 e. The number of hydrogen-bond acceptors (Lipinski definition) is 4. The van der Waals surface area contributed by atoms with Gasteiger partial charge in [-0.3, -0.25) is 14.5 Å². The van der Waals surface area contributed by atoms with Crippen molar-refractivity contribution < 1.29 is 27.9 Å². The van der Waals surface area contributed by atoms with Crippen molar-refractivity contribution in [1.82, 2.24) is 0 Å². The Morgan fingerprint density at radius 3 is 2.34 bits per heavy atom. The van der Waals surface area contributed by atoms with Crippen LogP contribution in [-0.4, -0.2) is 16.8 Å². The van der Waals surface area contributed by atoms with Crippen LogP contribution < -0.4 is 4.90 Å². The first-order valence-corrected chi connectivity index (χ1v) is 9.32. The molecule has 1 aliphatic heterocycles. The second-order valence-electron chi connectivity index (χ2n) is 6.30. The summed E-state index contributed by atoms with van der Waals surface area (Å²) in [5.41, 5.74) is 0.0611. The molecule has 2 aromatic carbocycles. The number of carbonyl (C=O) groups is 2. The number of ketones is 1. The standard InChI is InChI=1S/C21H12F3NO3S/c22-12-5-3-11(4-6-12)18-17(19(26)16-2-1-9-29-16)20(27)21(28)25(18)13-7-8-14(23)15(24)10-13/h1-10,18,27H. The van der Waals surface area contributed by atoms with E-state index >= 15 is 0 Å². The zero-order valence-electron chi connectivity index (χ0n) is 14.6. The minimum atomic E-state index is -1.19. The van der Waals surface area contributed by atoms with Crippen molar-refractivity contribution in [3.05, 3.63) is 99.2 Å². The molecule has 0 aliphatic carbocycles. The lowest BCUT2D eigenvalue weighted by Crippen LogP contribution is -2.31. The summed E-state index contributed by atoms with van der Waals surface area (Å²) >= 11 is 1.13. The maximum absolute atomic E-state index is 13.8. The first-order chi connectivity index (χ1) is 13.9. The molecule has 3 aromatic rings. The molecule has 1 unspecified atom stereocenters. The van der Waals surface area contributed by atoms with Gasteiger partial charge in [-0.15, -0.1) is 11.3 Å². The summed E-state index contributed by atoms with van der Waals surface area (Å²) in [7, 11) is 0. The van der Waals surface area contributed by atoms with E-state index in [0.717, 1.165) is 40.5 Å². The van der Waals surface area contributed by atoms with Gasteiger partial charge in [0.25, 0.3) is 5.91 Å². The summed E-state index contributed by atoms with van der Waals surface area (Å²) in [5.74, 6) is -5.13. The normalized spacial score (nSPS) is 16.6. The van der Waals surface area contributed by atoms with E-state index in [4.69, 9.17) is 0 Å². The second kappa shape index (κ2) is 7.21. The van der Waals surface area contributed by atoms with Crippen molar-refractivity contribution in [2.24, 2.45) is 0 Å². The van der Waals surface area contributed by atoms with Crippen molar-refractivity contribution in [2.75, 3.05) is 4.90 Å². The van der Waals surface area contributed by atoms with Gasteiger partial charge in [0.15, 0.2) is 17.4 Å². The number of Topliss-reactive ketones (excluding diaryl/α,β-unsaturated/α-hetero) is 1. The number of rotatable bonds is 4. The van der Waals surface area contributed by atoms with Crippen molar-refractivity contribution in [3.63, 3.8) is 0 Å². The second-order valence-corrected chi connectivity index (χ2v) is 7.24. The first kappa shape index (κ1) is 18.9. The third-order valence-electron chi connectivity index (χ3n) is 4.56. The lowest BCUT2D eigenvalue weighted by molar-refractivity contribution is -0.117. The van der Waals surface area contributed by atoms with Crippen LogP contribution in [0.3, 0.4) is 0 Å². The molecule has 4 rings (SSSR count). The van der Waals surface area contributed by atoms with Crippen LogP contribution >= 0.6 is 11.3 Å². The van der Waals surface area contributed by atoms with Crippen molar-refractivity contribution >= 4 is 28.7 Å². The van der Waals surface area contributed by atoms with Gasteiger partial charge < -0.3 is 5.11 Å². The Hall–Kier alpha value is -3.39. The number of amides is 1. The summed E-state index contributed by atoms with van der Waals surface area (Å²) in [4.78, 5) is 27.1. The lowest BCUT2D eigenvalue weighted by atomic mass is 9.95. The third kappa shape index (κ3) is 3.21. The van der Waals surface area contributed by atoms with Gasteiger partial charge in [0.05, 0.1) is 16.5 Å². The van der Waals surface area contributed by atoms with E-state index in [1.54, 1.807) is 17.5 Å².